The fourth-order valence-electron chi connectivity index (χ4n) is 2.11. The number of benzene rings is 2. The molecule has 0 heterocycles. The number of carbonyl (C=O) groups is 2. The van der Waals surface area contributed by atoms with Crippen LogP contribution in [0, 0.1) is 0 Å². The Labute approximate surface area is 162 Å². The third-order valence-electron chi connectivity index (χ3n) is 3.42. The van der Waals surface area contributed by atoms with Crippen molar-refractivity contribution in [1.29, 1.82) is 0 Å². The Kier molecular flexibility index (Phi) is 8.05. The van der Waals surface area contributed by atoms with E-state index >= 15 is 0 Å². The smallest absolute Gasteiger partial charge is 0.319 e. The number of amides is 4. The number of rotatable bonds is 7. The molecule has 0 saturated carbocycles. The van der Waals surface area contributed by atoms with Crippen LogP contribution in [-0.4, -0.2) is 25.2 Å². The molecular weight excluding hydrogens is 375 g/mol. The molecule has 0 radical (unpaired) electrons. The van der Waals surface area contributed by atoms with Gasteiger partial charge in [0.25, 0.3) is 0 Å². The van der Waals surface area contributed by atoms with Crippen LogP contribution in [0.1, 0.15) is 12.8 Å². The van der Waals surface area contributed by atoms with Gasteiger partial charge in [-0.25, -0.2) is 9.59 Å². The fraction of sp³-hybridized carbons (Fsp3) is 0.222. The summed E-state index contributed by atoms with van der Waals surface area (Å²) in [5, 5.41) is 11.8. The highest BCUT2D eigenvalue weighted by molar-refractivity contribution is 6.34. The van der Waals surface area contributed by atoms with Crippen LogP contribution in [-0.2, 0) is 0 Å². The first-order valence-electron chi connectivity index (χ1n) is 8.15. The van der Waals surface area contributed by atoms with E-state index in [0.29, 0.717) is 34.5 Å². The van der Waals surface area contributed by atoms with Crippen LogP contribution in [0.3, 0.4) is 0 Å². The standard InChI is InChI=1S/C18H20Cl2N4O2/c19-13-7-1-3-9-15(13)23-17(25)21-11-5-6-12-22-18(26)24-16-10-4-2-8-14(16)20/h1-4,7-10H,5-6,11-12H2,(H2,21,23,25)(H2,22,24,26). The molecule has 0 aliphatic carbocycles. The molecule has 0 unspecified atom stereocenters. The van der Waals surface area contributed by atoms with Crippen LogP contribution < -0.4 is 21.3 Å². The van der Waals surface area contributed by atoms with Gasteiger partial charge >= 0.3 is 12.1 Å². The number of urea groups is 2. The fourth-order valence-corrected chi connectivity index (χ4v) is 2.48. The first-order valence-corrected chi connectivity index (χ1v) is 8.90. The molecule has 0 atom stereocenters. The van der Waals surface area contributed by atoms with Gasteiger partial charge < -0.3 is 21.3 Å². The SMILES string of the molecule is O=C(NCCCCNC(=O)Nc1ccccc1Cl)Nc1ccccc1Cl. The third kappa shape index (κ3) is 6.82. The maximum absolute atomic E-state index is 11.8. The van der Waals surface area contributed by atoms with Crippen LogP contribution >= 0.6 is 23.2 Å². The first-order chi connectivity index (χ1) is 12.6. The van der Waals surface area contributed by atoms with Crippen molar-refractivity contribution in [3.05, 3.63) is 58.6 Å². The number of anilines is 2. The summed E-state index contributed by atoms with van der Waals surface area (Å²) in [5.41, 5.74) is 1.12. The molecule has 138 valence electrons. The monoisotopic (exact) mass is 394 g/mol. The number of nitrogens with one attached hydrogen (secondary N) is 4. The molecule has 0 aliphatic rings. The Morgan fingerprint density at radius 2 is 1.08 bits per heavy atom. The second kappa shape index (κ2) is 10.5. The highest BCUT2D eigenvalue weighted by Crippen LogP contribution is 2.20. The van der Waals surface area contributed by atoms with Crippen molar-refractivity contribution in [1.82, 2.24) is 10.6 Å². The van der Waals surface area contributed by atoms with E-state index in [1.54, 1.807) is 48.5 Å². The van der Waals surface area contributed by atoms with Gasteiger partial charge in [0.1, 0.15) is 0 Å². The Hall–Kier alpha value is -2.44. The third-order valence-corrected chi connectivity index (χ3v) is 4.08. The molecule has 4 N–H and O–H groups in total. The number of unbranched alkanes of at least 4 members (excludes halogenated alkanes) is 1. The summed E-state index contributed by atoms with van der Waals surface area (Å²) >= 11 is 11.9. The zero-order valence-electron chi connectivity index (χ0n) is 14.0. The molecule has 0 spiro atoms. The molecule has 0 fully saturated rings. The Balaban J connectivity index is 1.56. The molecule has 0 aromatic heterocycles. The highest BCUT2D eigenvalue weighted by Gasteiger charge is 2.05. The van der Waals surface area contributed by atoms with Crippen molar-refractivity contribution in [2.75, 3.05) is 23.7 Å². The normalized spacial score (nSPS) is 10.1. The minimum Gasteiger partial charge on any atom is -0.338 e. The van der Waals surface area contributed by atoms with E-state index < -0.39 is 0 Å². The van der Waals surface area contributed by atoms with Crippen molar-refractivity contribution >= 4 is 46.6 Å². The lowest BCUT2D eigenvalue weighted by Crippen LogP contribution is -2.32. The van der Waals surface area contributed by atoms with E-state index in [1.165, 1.54) is 0 Å². The summed E-state index contributed by atoms with van der Waals surface area (Å²) in [6, 6.07) is 13.4. The molecule has 0 bridgehead atoms. The zero-order chi connectivity index (χ0) is 18.8. The molecule has 26 heavy (non-hydrogen) atoms. The molecule has 8 heteroatoms. The molecule has 4 amide bonds. The second-order valence-corrected chi connectivity index (χ2v) is 6.24. The van der Waals surface area contributed by atoms with E-state index in [0.717, 1.165) is 12.8 Å². The first kappa shape index (κ1) is 19.9. The largest absolute Gasteiger partial charge is 0.338 e. The van der Waals surface area contributed by atoms with Gasteiger partial charge in [0, 0.05) is 13.1 Å². The van der Waals surface area contributed by atoms with Crippen LogP contribution in [0.15, 0.2) is 48.5 Å². The molecule has 2 aromatic rings. The van der Waals surface area contributed by atoms with Gasteiger partial charge in [-0.2, -0.15) is 0 Å². The Bertz CT molecular complexity index is 692. The van der Waals surface area contributed by atoms with Gasteiger partial charge in [-0.3, -0.25) is 0 Å². The average molecular weight is 395 g/mol. The quantitative estimate of drug-likeness (QED) is 0.512. The van der Waals surface area contributed by atoms with Gasteiger partial charge in [-0.1, -0.05) is 47.5 Å². The van der Waals surface area contributed by atoms with Crippen molar-refractivity contribution < 1.29 is 9.59 Å². The summed E-state index contributed by atoms with van der Waals surface area (Å²) in [6.45, 7) is 0.980. The van der Waals surface area contributed by atoms with Gasteiger partial charge in [0.15, 0.2) is 0 Å². The summed E-state index contributed by atoms with van der Waals surface area (Å²) < 4.78 is 0. The van der Waals surface area contributed by atoms with Crippen molar-refractivity contribution in [2.45, 2.75) is 12.8 Å². The highest BCUT2D eigenvalue weighted by atomic mass is 35.5. The summed E-state index contributed by atoms with van der Waals surface area (Å²) in [6.07, 6.45) is 1.45. The van der Waals surface area contributed by atoms with Crippen LogP contribution in [0.4, 0.5) is 21.0 Å². The predicted octanol–water partition coefficient (Wildman–Crippen LogP) is 4.72. The lowest BCUT2D eigenvalue weighted by molar-refractivity contribution is 0.250. The molecule has 2 rings (SSSR count). The maximum atomic E-state index is 11.8. The van der Waals surface area contributed by atoms with Crippen molar-refractivity contribution in [3.63, 3.8) is 0 Å². The van der Waals surface area contributed by atoms with Gasteiger partial charge in [-0.05, 0) is 37.1 Å². The lowest BCUT2D eigenvalue weighted by Gasteiger charge is -2.10. The average Bonchev–Trinajstić information content (AvgIpc) is 2.62. The van der Waals surface area contributed by atoms with Gasteiger partial charge in [0.2, 0.25) is 0 Å². The van der Waals surface area contributed by atoms with E-state index in [4.69, 9.17) is 23.2 Å². The van der Waals surface area contributed by atoms with Gasteiger partial charge in [-0.15, -0.1) is 0 Å². The zero-order valence-corrected chi connectivity index (χ0v) is 15.5. The number of hydrogen-bond acceptors (Lipinski definition) is 2. The second-order valence-electron chi connectivity index (χ2n) is 5.43. The number of halogens is 2. The lowest BCUT2D eigenvalue weighted by atomic mass is 10.3. The molecule has 0 saturated heterocycles. The maximum Gasteiger partial charge on any atom is 0.319 e. The summed E-state index contributed by atoms with van der Waals surface area (Å²) in [4.78, 5) is 23.5. The number of hydrogen-bond donors (Lipinski definition) is 4. The minimum atomic E-state index is -0.317. The minimum absolute atomic E-state index is 0.317. The summed E-state index contributed by atoms with van der Waals surface area (Å²) in [7, 11) is 0. The Morgan fingerprint density at radius 3 is 1.46 bits per heavy atom. The van der Waals surface area contributed by atoms with E-state index in [2.05, 4.69) is 21.3 Å². The van der Waals surface area contributed by atoms with Crippen LogP contribution in [0.25, 0.3) is 0 Å². The van der Waals surface area contributed by atoms with E-state index in [-0.39, 0.29) is 12.1 Å². The Morgan fingerprint density at radius 1 is 0.692 bits per heavy atom. The summed E-state index contributed by atoms with van der Waals surface area (Å²) in [5.74, 6) is 0. The van der Waals surface area contributed by atoms with Crippen molar-refractivity contribution in [3.8, 4) is 0 Å². The van der Waals surface area contributed by atoms with E-state index in [1.807, 2.05) is 0 Å². The molecule has 2 aromatic carbocycles. The van der Waals surface area contributed by atoms with E-state index in [9.17, 15) is 9.59 Å². The molecule has 6 nitrogen and oxygen atoms in total. The molecular formula is C18H20Cl2N4O2. The van der Waals surface area contributed by atoms with Crippen LogP contribution in [0.5, 0.6) is 0 Å². The van der Waals surface area contributed by atoms with Gasteiger partial charge in [0.05, 0.1) is 21.4 Å². The number of carbonyl (C=O) groups excluding carboxylic acids is 2. The number of para-hydroxylation sites is 2. The topological polar surface area (TPSA) is 82.3 Å². The van der Waals surface area contributed by atoms with Crippen molar-refractivity contribution in [2.24, 2.45) is 0 Å². The molecule has 0 aliphatic heterocycles. The predicted molar refractivity (Wildman–Crippen MR) is 106 cm³/mol. The van der Waals surface area contributed by atoms with Crippen LogP contribution in [0.2, 0.25) is 10.0 Å².